The Morgan fingerprint density at radius 2 is 1.71 bits per heavy atom. The van der Waals surface area contributed by atoms with E-state index in [-0.39, 0.29) is 17.7 Å². The summed E-state index contributed by atoms with van der Waals surface area (Å²) in [6, 6.07) is 14.1. The van der Waals surface area contributed by atoms with Crippen LogP contribution in [0.3, 0.4) is 0 Å². The molecule has 1 saturated heterocycles. The molecule has 6 heteroatoms. The number of likely N-dealkylation sites (tertiary alicyclic amines) is 1. The standard InChI is InChI=1S/C29H36N4O2/c1-19-14-20(2)16-25(15-19)29(35)32-13-9-11-24(17-32)28(34)31(6)18-26-22(4)30-33(23(26)5)27-12-8-7-10-21(27)3/h7-8,10,12,14-16,24H,9,11,13,17-18H2,1-6H3. The lowest BCUT2D eigenvalue weighted by atomic mass is 9.95. The maximum absolute atomic E-state index is 13.4. The van der Waals surface area contributed by atoms with E-state index in [2.05, 4.69) is 32.0 Å². The van der Waals surface area contributed by atoms with E-state index in [9.17, 15) is 9.59 Å². The van der Waals surface area contributed by atoms with E-state index in [4.69, 9.17) is 5.10 Å². The van der Waals surface area contributed by atoms with Crippen LogP contribution in [0.15, 0.2) is 42.5 Å². The first-order chi connectivity index (χ1) is 16.7. The van der Waals surface area contributed by atoms with Crippen molar-refractivity contribution in [3.05, 3.63) is 81.7 Å². The van der Waals surface area contributed by atoms with Gasteiger partial charge in [-0.15, -0.1) is 0 Å². The van der Waals surface area contributed by atoms with Crippen molar-refractivity contribution in [1.29, 1.82) is 0 Å². The van der Waals surface area contributed by atoms with E-state index in [0.29, 0.717) is 25.2 Å². The molecule has 2 heterocycles. The highest BCUT2D eigenvalue weighted by Crippen LogP contribution is 2.25. The summed E-state index contributed by atoms with van der Waals surface area (Å²) < 4.78 is 1.98. The lowest BCUT2D eigenvalue weighted by molar-refractivity contribution is -0.136. The van der Waals surface area contributed by atoms with Crippen LogP contribution in [-0.2, 0) is 11.3 Å². The van der Waals surface area contributed by atoms with Gasteiger partial charge in [0.25, 0.3) is 5.91 Å². The summed E-state index contributed by atoms with van der Waals surface area (Å²) in [5.74, 6) is -0.0795. The lowest BCUT2D eigenvalue weighted by Gasteiger charge is -2.34. The van der Waals surface area contributed by atoms with Gasteiger partial charge in [-0.3, -0.25) is 9.59 Å². The SMILES string of the molecule is Cc1cc(C)cc(C(=O)N2CCCC(C(=O)N(C)Cc3c(C)nn(-c4ccccc4C)c3C)C2)c1. The molecule has 1 aromatic heterocycles. The minimum Gasteiger partial charge on any atom is -0.341 e. The molecule has 0 spiro atoms. The number of carbonyl (C=O) groups excluding carboxylic acids is 2. The van der Waals surface area contributed by atoms with E-state index >= 15 is 0 Å². The van der Waals surface area contributed by atoms with Crippen LogP contribution in [-0.4, -0.2) is 51.5 Å². The van der Waals surface area contributed by atoms with E-state index in [0.717, 1.165) is 52.2 Å². The average molecular weight is 473 g/mol. The molecule has 35 heavy (non-hydrogen) atoms. The van der Waals surface area contributed by atoms with E-state index in [1.54, 1.807) is 4.90 Å². The summed E-state index contributed by atoms with van der Waals surface area (Å²) >= 11 is 0. The van der Waals surface area contributed by atoms with Crippen molar-refractivity contribution in [2.75, 3.05) is 20.1 Å². The molecule has 2 aromatic carbocycles. The minimum absolute atomic E-state index is 0.0168. The Bertz CT molecular complexity index is 1240. The van der Waals surface area contributed by atoms with Crippen LogP contribution in [0, 0.1) is 40.5 Å². The predicted molar refractivity (Wildman–Crippen MR) is 139 cm³/mol. The van der Waals surface area contributed by atoms with Crippen LogP contribution < -0.4 is 0 Å². The molecule has 4 rings (SSSR count). The molecule has 3 aromatic rings. The van der Waals surface area contributed by atoms with Crippen molar-refractivity contribution in [1.82, 2.24) is 19.6 Å². The highest BCUT2D eigenvalue weighted by Gasteiger charge is 2.31. The molecule has 0 aliphatic carbocycles. The van der Waals surface area contributed by atoms with Crippen LogP contribution in [0.2, 0.25) is 0 Å². The second kappa shape index (κ2) is 10.1. The van der Waals surface area contributed by atoms with Gasteiger partial charge in [0, 0.05) is 43.5 Å². The summed E-state index contributed by atoms with van der Waals surface area (Å²) in [6.45, 7) is 11.8. The molecule has 1 fully saturated rings. The smallest absolute Gasteiger partial charge is 0.253 e. The maximum Gasteiger partial charge on any atom is 0.253 e. The quantitative estimate of drug-likeness (QED) is 0.529. The molecule has 0 N–H and O–H groups in total. The fourth-order valence-corrected chi connectivity index (χ4v) is 5.21. The van der Waals surface area contributed by atoms with Gasteiger partial charge in [0.15, 0.2) is 0 Å². The first kappa shape index (κ1) is 24.7. The van der Waals surface area contributed by atoms with Gasteiger partial charge in [-0.25, -0.2) is 4.68 Å². The maximum atomic E-state index is 13.4. The Labute approximate surface area is 208 Å². The molecule has 0 radical (unpaired) electrons. The first-order valence-corrected chi connectivity index (χ1v) is 12.4. The van der Waals surface area contributed by atoms with Crippen molar-refractivity contribution in [3.63, 3.8) is 0 Å². The molecule has 1 unspecified atom stereocenters. The van der Waals surface area contributed by atoms with Gasteiger partial charge in [-0.2, -0.15) is 5.10 Å². The highest BCUT2D eigenvalue weighted by molar-refractivity contribution is 5.95. The number of aromatic nitrogens is 2. The summed E-state index contributed by atoms with van der Waals surface area (Å²) in [5, 5.41) is 4.77. The zero-order valence-corrected chi connectivity index (χ0v) is 21.8. The number of aryl methyl sites for hydroxylation is 4. The molecular weight excluding hydrogens is 436 g/mol. The van der Waals surface area contributed by atoms with Crippen molar-refractivity contribution < 1.29 is 9.59 Å². The topological polar surface area (TPSA) is 58.4 Å². The van der Waals surface area contributed by atoms with Crippen molar-refractivity contribution >= 4 is 11.8 Å². The average Bonchev–Trinajstić information content (AvgIpc) is 3.11. The Balaban J connectivity index is 1.47. The zero-order valence-electron chi connectivity index (χ0n) is 21.8. The van der Waals surface area contributed by atoms with Crippen molar-refractivity contribution in [2.24, 2.45) is 5.92 Å². The molecule has 0 saturated carbocycles. The monoisotopic (exact) mass is 472 g/mol. The summed E-state index contributed by atoms with van der Waals surface area (Å²) in [4.78, 5) is 30.3. The number of amides is 2. The lowest BCUT2D eigenvalue weighted by Crippen LogP contribution is -2.45. The number of piperidine rings is 1. The number of hydrogen-bond donors (Lipinski definition) is 0. The highest BCUT2D eigenvalue weighted by atomic mass is 16.2. The van der Waals surface area contributed by atoms with Crippen LogP contribution in [0.1, 0.15) is 56.8 Å². The molecule has 6 nitrogen and oxygen atoms in total. The largest absolute Gasteiger partial charge is 0.341 e. The molecule has 0 bridgehead atoms. The van der Waals surface area contributed by atoms with Crippen LogP contribution >= 0.6 is 0 Å². The molecule has 2 amide bonds. The third-order valence-corrected chi connectivity index (χ3v) is 7.08. The Hall–Kier alpha value is -3.41. The molecule has 1 aliphatic heterocycles. The zero-order chi connectivity index (χ0) is 25.3. The normalized spacial score (nSPS) is 15.8. The molecule has 184 valence electrons. The Kier molecular flexibility index (Phi) is 7.10. The predicted octanol–water partition coefficient (Wildman–Crippen LogP) is 4.93. The van der Waals surface area contributed by atoms with Crippen molar-refractivity contribution in [2.45, 2.75) is 54.0 Å². The fourth-order valence-electron chi connectivity index (χ4n) is 5.21. The Morgan fingerprint density at radius 1 is 1.03 bits per heavy atom. The number of para-hydroxylation sites is 1. The molecule has 1 aliphatic rings. The van der Waals surface area contributed by atoms with Crippen molar-refractivity contribution in [3.8, 4) is 5.69 Å². The van der Waals surface area contributed by atoms with E-state index in [1.807, 2.05) is 61.7 Å². The van der Waals surface area contributed by atoms with Gasteiger partial charge in [0.1, 0.15) is 0 Å². The second-order valence-electron chi connectivity index (χ2n) is 10.0. The van der Waals surface area contributed by atoms with Gasteiger partial charge in [0.2, 0.25) is 5.91 Å². The number of nitrogens with zero attached hydrogens (tertiary/aromatic N) is 4. The number of carbonyl (C=O) groups is 2. The third-order valence-electron chi connectivity index (χ3n) is 7.08. The van der Waals surface area contributed by atoms with Gasteiger partial charge in [-0.1, -0.05) is 35.4 Å². The van der Waals surface area contributed by atoms with Crippen LogP contribution in [0.5, 0.6) is 0 Å². The van der Waals surface area contributed by atoms with E-state index in [1.165, 1.54) is 0 Å². The van der Waals surface area contributed by atoms with Gasteiger partial charge in [-0.05, 0) is 71.2 Å². The first-order valence-electron chi connectivity index (χ1n) is 12.4. The number of benzene rings is 2. The van der Waals surface area contributed by atoms with Crippen LogP contribution in [0.25, 0.3) is 5.69 Å². The third kappa shape index (κ3) is 5.16. The Morgan fingerprint density at radius 3 is 2.40 bits per heavy atom. The summed E-state index contributed by atoms with van der Waals surface area (Å²) in [6.07, 6.45) is 1.64. The number of rotatable bonds is 5. The van der Waals surface area contributed by atoms with Gasteiger partial charge >= 0.3 is 0 Å². The number of hydrogen-bond acceptors (Lipinski definition) is 3. The minimum atomic E-state index is -0.185. The summed E-state index contributed by atoms with van der Waals surface area (Å²) in [5.41, 5.74) is 8.13. The second-order valence-corrected chi connectivity index (χ2v) is 10.0. The van der Waals surface area contributed by atoms with Crippen LogP contribution in [0.4, 0.5) is 0 Å². The fraction of sp³-hybridized carbons (Fsp3) is 0.414. The van der Waals surface area contributed by atoms with E-state index < -0.39 is 0 Å². The molecular formula is C29H36N4O2. The van der Waals surface area contributed by atoms with Gasteiger partial charge in [0.05, 0.1) is 17.3 Å². The molecule has 1 atom stereocenters. The van der Waals surface area contributed by atoms with Gasteiger partial charge < -0.3 is 9.80 Å². The summed E-state index contributed by atoms with van der Waals surface area (Å²) in [7, 11) is 1.86.